The molecule has 6 rings (SSSR count). The number of benzene rings is 2. The van der Waals surface area contributed by atoms with Crippen molar-refractivity contribution in [1.29, 1.82) is 0 Å². The quantitative estimate of drug-likeness (QED) is 0.377. The molecule has 12 heteroatoms. The average Bonchev–Trinajstić information content (AvgIpc) is 3.15. The van der Waals surface area contributed by atoms with E-state index in [4.69, 9.17) is 21.1 Å². The Kier molecular flexibility index (Phi) is 11.1. The van der Waals surface area contributed by atoms with Gasteiger partial charge in [0.05, 0.1) is 23.5 Å². The van der Waals surface area contributed by atoms with Crippen LogP contribution in [0.1, 0.15) is 67.4 Å². The van der Waals surface area contributed by atoms with Crippen molar-refractivity contribution in [3.8, 4) is 5.75 Å². The number of carbonyl (C=O) groups excluding carboxylic acids is 2. The van der Waals surface area contributed by atoms with Crippen LogP contribution in [0, 0.1) is 23.7 Å². The Morgan fingerprint density at radius 3 is 2.66 bits per heavy atom. The molecule has 7 atom stereocenters. The zero-order chi connectivity index (χ0) is 32.8. The smallest absolute Gasteiger partial charge is 0.547 e. The van der Waals surface area contributed by atoms with Gasteiger partial charge in [0.2, 0.25) is 10.0 Å². The van der Waals surface area contributed by atoms with Crippen LogP contribution in [-0.4, -0.2) is 58.5 Å². The Balaban J connectivity index is 0.00000433. The van der Waals surface area contributed by atoms with Crippen LogP contribution >= 0.6 is 11.6 Å². The van der Waals surface area contributed by atoms with Crippen molar-refractivity contribution in [2.45, 2.75) is 69.1 Å². The van der Waals surface area contributed by atoms with E-state index in [9.17, 15) is 23.1 Å². The van der Waals surface area contributed by atoms with Gasteiger partial charge in [0.1, 0.15) is 11.9 Å². The van der Waals surface area contributed by atoms with E-state index in [1.807, 2.05) is 12.1 Å². The number of anilines is 1. The maximum Gasteiger partial charge on any atom is 1.00 e. The Hall–Kier alpha value is -2.08. The second-order valence-corrected chi connectivity index (χ2v) is 16.2. The van der Waals surface area contributed by atoms with Crippen molar-refractivity contribution in [1.82, 2.24) is 4.72 Å². The fourth-order valence-corrected chi connectivity index (χ4v) is 9.34. The number of halogens is 1. The van der Waals surface area contributed by atoms with Gasteiger partial charge >= 0.3 is 29.6 Å². The number of rotatable bonds is 3. The molecule has 47 heavy (non-hydrogen) atoms. The van der Waals surface area contributed by atoms with Crippen LogP contribution in [0.15, 0.2) is 48.6 Å². The molecule has 0 aromatic heterocycles. The van der Waals surface area contributed by atoms with Gasteiger partial charge in [-0.1, -0.05) is 36.7 Å². The first-order valence-corrected chi connectivity index (χ1v) is 18.1. The molecule has 2 aromatic carbocycles. The summed E-state index contributed by atoms with van der Waals surface area (Å²) in [6.07, 6.45) is 7.81. The number of hydrogen-bond acceptors (Lipinski definition) is 8. The van der Waals surface area contributed by atoms with Crippen LogP contribution in [0.2, 0.25) is 5.02 Å². The number of hydrogen-bond donors (Lipinski definition) is 1. The molecule has 4 aliphatic rings. The maximum atomic E-state index is 13.5. The van der Waals surface area contributed by atoms with E-state index in [1.165, 1.54) is 25.2 Å². The molecule has 2 aliphatic heterocycles. The number of allylic oxidation sites excluding steroid dienone is 1. The van der Waals surface area contributed by atoms with Gasteiger partial charge < -0.3 is 24.3 Å². The first-order valence-electron chi connectivity index (χ1n) is 16.2. The Morgan fingerprint density at radius 1 is 1.17 bits per heavy atom. The minimum Gasteiger partial charge on any atom is -0.547 e. The summed E-state index contributed by atoms with van der Waals surface area (Å²) < 4.78 is 41.0. The fraction of sp³-hybridized carbons (Fsp3) is 0.543. The average molecular weight is 693 g/mol. The van der Waals surface area contributed by atoms with Crippen LogP contribution in [0.4, 0.5) is 5.69 Å². The number of ether oxygens (including phenoxy) is 2. The van der Waals surface area contributed by atoms with Gasteiger partial charge in [0.15, 0.2) is 0 Å². The molecule has 248 valence electrons. The number of carboxylic acid groups (broad SMARTS) is 1. The van der Waals surface area contributed by atoms with Crippen molar-refractivity contribution in [3.63, 3.8) is 0 Å². The summed E-state index contributed by atoms with van der Waals surface area (Å²) in [5.74, 6) is -1.99. The zero-order valence-electron chi connectivity index (χ0n) is 27.5. The molecule has 1 spiro atoms. The number of fused-ring (bicyclic) bond motifs is 4. The molecule has 0 unspecified atom stereocenters. The van der Waals surface area contributed by atoms with Crippen molar-refractivity contribution in [3.05, 3.63) is 70.3 Å². The van der Waals surface area contributed by atoms with Crippen LogP contribution in [-0.2, 0) is 31.4 Å². The van der Waals surface area contributed by atoms with Crippen LogP contribution in [0.25, 0.3) is 0 Å². The molecule has 0 saturated heterocycles. The van der Waals surface area contributed by atoms with Crippen LogP contribution in [0.3, 0.4) is 0 Å². The Labute approximate surface area is 304 Å². The predicted molar refractivity (Wildman–Crippen MR) is 174 cm³/mol. The zero-order valence-corrected chi connectivity index (χ0v) is 31.1. The predicted octanol–water partition coefficient (Wildman–Crippen LogP) is 1.27. The molecule has 1 N–H and O–H groups in total. The van der Waals surface area contributed by atoms with E-state index in [1.54, 1.807) is 25.1 Å². The number of aryl methyl sites for hydroxylation is 1. The van der Waals surface area contributed by atoms with Crippen molar-refractivity contribution in [2.24, 2.45) is 23.7 Å². The third-order valence-corrected chi connectivity index (χ3v) is 13.0. The van der Waals surface area contributed by atoms with E-state index >= 15 is 0 Å². The van der Waals surface area contributed by atoms with Gasteiger partial charge in [-0.05, 0) is 105 Å². The molecule has 2 heterocycles. The minimum atomic E-state index is -4.10. The Morgan fingerprint density at radius 2 is 1.96 bits per heavy atom. The van der Waals surface area contributed by atoms with Gasteiger partial charge in [-0.25, -0.2) is 13.1 Å². The first kappa shape index (κ1) is 36.2. The largest absolute Gasteiger partial charge is 1.00 e. The van der Waals surface area contributed by atoms with Crippen LogP contribution in [0.5, 0.6) is 5.75 Å². The van der Waals surface area contributed by atoms with Crippen molar-refractivity contribution < 1.29 is 62.1 Å². The summed E-state index contributed by atoms with van der Waals surface area (Å²) in [5, 5.41) is 11.8. The molecule has 2 bridgehead atoms. The van der Waals surface area contributed by atoms with E-state index in [0.29, 0.717) is 36.4 Å². The number of aliphatic carboxylic acids is 1. The number of amides is 1. The van der Waals surface area contributed by atoms with E-state index < -0.39 is 45.1 Å². The monoisotopic (exact) mass is 692 g/mol. The fourth-order valence-electron chi connectivity index (χ4n) is 7.86. The summed E-state index contributed by atoms with van der Waals surface area (Å²) in [6, 6.07) is 11.3. The number of nitrogens with zero attached hydrogens (tertiary/aromatic N) is 1. The number of carboxylic acids is 1. The first-order chi connectivity index (χ1) is 21.9. The molecule has 2 aliphatic carbocycles. The second kappa shape index (κ2) is 14.4. The number of sulfonamides is 1. The van der Waals surface area contributed by atoms with Crippen molar-refractivity contribution in [2.75, 3.05) is 31.7 Å². The number of methoxy groups -OCH3 is 1. The van der Waals surface area contributed by atoms with Gasteiger partial charge in [0, 0.05) is 42.1 Å². The van der Waals surface area contributed by atoms with Gasteiger partial charge in [-0.15, -0.1) is 0 Å². The SMILES string of the molecule is CO[C@@H](C(=O)[O-])[C@@H]1/C=C\[C@@H]2CC[C@H]2CN2C[C@@]3(CCCc4cc(Cl)ccc43)COc3ccc(cc32)C(=O)NS(=O)(=O)[C@H](C)[C@@H](C)C1.[Na+]. The van der Waals surface area contributed by atoms with Crippen molar-refractivity contribution >= 4 is 39.2 Å². The van der Waals surface area contributed by atoms with Gasteiger partial charge in [-0.3, -0.25) is 4.79 Å². The normalized spacial score (nSPS) is 31.4. The van der Waals surface area contributed by atoms with E-state index in [-0.39, 0.29) is 52.9 Å². The van der Waals surface area contributed by atoms with Crippen LogP contribution < -0.4 is 49.0 Å². The van der Waals surface area contributed by atoms with E-state index in [0.717, 1.165) is 37.8 Å². The minimum absolute atomic E-state index is 0. The molecule has 2 aromatic rings. The van der Waals surface area contributed by atoms with Gasteiger partial charge in [0.25, 0.3) is 5.91 Å². The summed E-state index contributed by atoms with van der Waals surface area (Å²) in [4.78, 5) is 27.8. The third kappa shape index (κ3) is 7.29. The van der Waals surface area contributed by atoms with E-state index in [2.05, 4.69) is 27.8 Å². The molecular formula is C35H42ClN2NaO7S. The number of carbonyl (C=O) groups is 2. The summed E-state index contributed by atoms with van der Waals surface area (Å²) in [7, 11) is -2.78. The summed E-state index contributed by atoms with van der Waals surface area (Å²) >= 11 is 6.40. The molecule has 0 radical (unpaired) electrons. The molecule has 1 saturated carbocycles. The molecule has 1 fully saturated rings. The Bertz CT molecular complexity index is 1650. The summed E-state index contributed by atoms with van der Waals surface area (Å²) in [5.41, 5.74) is 3.16. The van der Waals surface area contributed by atoms with Gasteiger partial charge in [-0.2, -0.15) is 0 Å². The molecule has 9 nitrogen and oxygen atoms in total. The third-order valence-electron chi connectivity index (χ3n) is 10.9. The standard InChI is InChI=1S/C35H43ClN2O7S.Na/c1-21-15-25(32(44-3)34(40)41)8-6-23-7-9-27(23)18-38-19-35(14-4-5-24-16-28(36)11-12-29(24)35)20-45-31-13-10-26(17-30(31)38)33(39)37-46(42,43)22(21)2;/h6,8,10-13,16-17,21-23,25,27,32H,4-5,7,9,14-15,18-20H2,1-3H3,(H,37,39)(H,40,41);/q;+1/p-1/b8-6-;/t21-,22+,23+,25+,27-,32+,35-;/m0./s1. The topological polar surface area (TPSA) is 125 Å². The maximum absolute atomic E-state index is 13.5. The molecular weight excluding hydrogens is 651 g/mol. The summed E-state index contributed by atoms with van der Waals surface area (Å²) in [6.45, 7) is 5.12. The number of nitrogens with one attached hydrogen (secondary N) is 1. The molecule has 1 amide bonds. The second-order valence-electron chi connectivity index (χ2n) is 13.7.